The smallest absolute Gasteiger partial charge is 0.0165 e. The van der Waals surface area contributed by atoms with E-state index in [-0.39, 0.29) is 5.41 Å². The molecular weight excluding hydrogens is 589 g/mol. The van der Waals surface area contributed by atoms with E-state index < -0.39 is 0 Å². The maximum Gasteiger partial charge on any atom is 0.0165 e. The fourth-order valence-electron chi connectivity index (χ4n) is 8.96. The van der Waals surface area contributed by atoms with E-state index in [0.717, 1.165) is 0 Å². The lowest BCUT2D eigenvalue weighted by Crippen LogP contribution is -2.16. The van der Waals surface area contributed by atoms with Crippen LogP contribution in [0.15, 0.2) is 170 Å². The first kappa shape index (κ1) is 28.1. The van der Waals surface area contributed by atoms with Crippen LogP contribution in [0.5, 0.6) is 0 Å². The molecule has 0 aromatic heterocycles. The molecule has 0 fully saturated rings. The van der Waals surface area contributed by atoms with Crippen LogP contribution in [-0.4, -0.2) is 0 Å². The van der Waals surface area contributed by atoms with Gasteiger partial charge in [-0.05, 0) is 105 Å². The standard InChI is InChI=1S/C49H34/c1-49(2)44-27-15-14-22-36(44)43-30-32-18-6-7-19-33(32)47(48(43)49)42-29-28-41(34-20-8-9-21-35(34)42)46-39-25-12-10-23-37(39)45(31-16-4-3-5-17-31)38-24-11-13-26-40(38)46/h3-30H,1-2H3. The molecule has 0 heteroatoms. The highest BCUT2D eigenvalue weighted by molar-refractivity contribution is 6.24. The minimum Gasteiger partial charge on any atom is -0.0622 e. The summed E-state index contributed by atoms with van der Waals surface area (Å²) in [7, 11) is 0. The van der Waals surface area contributed by atoms with Gasteiger partial charge in [-0.3, -0.25) is 0 Å². The van der Waals surface area contributed by atoms with Crippen LogP contribution in [0.3, 0.4) is 0 Å². The van der Waals surface area contributed by atoms with Gasteiger partial charge in [0.05, 0.1) is 0 Å². The lowest BCUT2D eigenvalue weighted by molar-refractivity contribution is 0.663. The summed E-state index contributed by atoms with van der Waals surface area (Å²) in [5.41, 5.74) is 13.2. The van der Waals surface area contributed by atoms with Gasteiger partial charge in [-0.2, -0.15) is 0 Å². The van der Waals surface area contributed by atoms with E-state index in [1.807, 2.05) is 0 Å². The first-order chi connectivity index (χ1) is 24.1. The first-order valence-electron chi connectivity index (χ1n) is 17.3. The summed E-state index contributed by atoms with van der Waals surface area (Å²) in [4.78, 5) is 0. The van der Waals surface area contributed by atoms with Gasteiger partial charge in [0.2, 0.25) is 0 Å². The summed E-state index contributed by atoms with van der Waals surface area (Å²) in [6, 6.07) is 63.0. The maximum absolute atomic E-state index is 2.42. The van der Waals surface area contributed by atoms with Crippen molar-refractivity contribution in [1.29, 1.82) is 0 Å². The Bertz CT molecular complexity index is 2720. The Morgan fingerprint density at radius 2 is 0.796 bits per heavy atom. The van der Waals surface area contributed by atoms with Crippen molar-refractivity contribution in [3.8, 4) is 44.5 Å². The molecule has 0 unspecified atom stereocenters. The summed E-state index contributed by atoms with van der Waals surface area (Å²) in [6.07, 6.45) is 0. The quantitative estimate of drug-likeness (QED) is 0.172. The molecular formula is C49H34. The molecule has 0 atom stereocenters. The molecule has 230 valence electrons. The summed E-state index contributed by atoms with van der Waals surface area (Å²) < 4.78 is 0. The van der Waals surface area contributed by atoms with Gasteiger partial charge < -0.3 is 0 Å². The van der Waals surface area contributed by atoms with E-state index in [1.165, 1.54) is 98.7 Å². The van der Waals surface area contributed by atoms with Gasteiger partial charge in [-0.25, -0.2) is 0 Å². The highest BCUT2D eigenvalue weighted by Gasteiger charge is 2.38. The molecule has 1 aliphatic carbocycles. The number of hydrogen-bond donors (Lipinski definition) is 0. The number of hydrogen-bond acceptors (Lipinski definition) is 0. The van der Waals surface area contributed by atoms with Crippen LogP contribution < -0.4 is 0 Å². The molecule has 0 heterocycles. The van der Waals surface area contributed by atoms with Gasteiger partial charge in [0.1, 0.15) is 0 Å². The molecule has 0 saturated heterocycles. The van der Waals surface area contributed by atoms with Crippen molar-refractivity contribution < 1.29 is 0 Å². The number of benzene rings is 9. The topological polar surface area (TPSA) is 0 Å². The van der Waals surface area contributed by atoms with Gasteiger partial charge >= 0.3 is 0 Å². The zero-order valence-electron chi connectivity index (χ0n) is 27.7. The summed E-state index contributed by atoms with van der Waals surface area (Å²) >= 11 is 0. The van der Waals surface area contributed by atoms with E-state index in [0.29, 0.717) is 0 Å². The summed E-state index contributed by atoms with van der Waals surface area (Å²) in [5.74, 6) is 0. The van der Waals surface area contributed by atoms with Crippen molar-refractivity contribution in [2.75, 3.05) is 0 Å². The molecule has 9 aromatic rings. The Morgan fingerprint density at radius 1 is 0.327 bits per heavy atom. The lowest BCUT2D eigenvalue weighted by Gasteiger charge is -2.27. The Labute approximate surface area is 286 Å². The van der Waals surface area contributed by atoms with E-state index in [9.17, 15) is 0 Å². The number of rotatable bonds is 3. The lowest BCUT2D eigenvalue weighted by atomic mass is 9.76. The van der Waals surface area contributed by atoms with Crippen molar-refractivity contribution in [2.45, 2.75) is 19.3 Å². The van der Waals surface area contributed by atoms with Crippen LogP contribution in [-0.2, 0) is 5.41 Å². The minimum atomic E-state index is -0.134. The molecule has 0 amide bonds. The Hall–Kier alpha value is -5.98. The highest BCUT2D eigenvalue weighted by Crippen LogP contribution is 2.55. The molecule has 0 nitrogen and oxygen atoms in total. The second kappa shape index (κ2) is 10.5. The molecule has 1 aliphatic rings. The molecule has 10 rings (SSSR count). The van der Waals surface area contributed by atoms with Crippen LogP contribution in [0.4, 0.5) is 0 Å². The van der Waals surface area contributed by atoms with E-state index in [2.05, 4.69) is 184 Å². The van der Waals surface area contributed by atoms with Crippen molar-refractivity contribution >= 4 is 43.1 Å². The molecule has 0 aliphatic heterocycles. The van der Waals surface area contributed by atoms with Crippen molar-refractivity contribution in [1.82, 2.24) is 0 Å². The fourth-order valence-corrected chi connectivity index (χ4v) is 8.96. The first-order valence-corrected chi connectivity index (χ1v) is 17.3. The monoisotopic (exact) mass is 622 g/mol. The third-order valence-electron chi connectivity index (χ3n) is 11.0. The van der Waals surface area contributed by atoms with Crippen LogP contribution in [0.2, 0.25) is 0 Å². The molecule has 0 N–H and O–H groups in total. The zero-order valence-corrected chi connectivity index (χ0v) is 27.7. The Kier molecular flexibility index (Phi) is 6.02. The van der Waals surface area contributed by atoms with Crippen LogP contribution >= 0.6 is 0 Å². The second-order valence-corrected chi connectivity index (χ2v) is 14.0. The van der Waals surface area contributed by atoms with Crippen molar-refractivity contribution in [3.63, 3.8) is 0 Å². The van der Waals surface area contributed by atoms with Crippen LogP contribution in [0.1, 0.15) is 25.0 Å². The fraction of sp³-hybridized carbons (Fsp3) is 0.0612. The molecule has 49 heavy (non-hydrogen) atoms. The van der Waals surface area contributed by atoms with E-state index in [1.54, 1.807) is 0 Å². The highest BCUT2D eigenvalue weighted by atomic mass is 14.4. The normalized spacial score (nSPS) is 13.3. The number of fused-ring (bicyclic) bond motifs is 7. The molecule has 0 saturated carbocycles. The third kappa shape index (κ3) is 3.98. The van der Waals surface area contributed by atoms with Crippen LogP contribution in [0, 0.1) is 0 Å². The predicted octanol–water partition coefficient (Wildman–Crippen LogP) is 13.6. The van der Waals surface area contributed by atoms with Gasteiger partial charge in [0, 0.05) is 5.41 Å². The Balaban J connectivity index is 1.32. The summed E-state index contributed by atoms with van der Waals surface area (Å²) in [6.45, 7) is 4.80. The van der Waals surface area contributed by atoms with Crippen LogP contribution in [0.25, 0.3) is 87.6 Å². The molecule has 0 radical (unpaired) electrons. The van der Waals surface area contributed by atoms with Gasteiger partial charge in [0.25, 0.3) is 0 Å². The summed E-state index contributed by atoms with van der Waals surface area (Å²) in [5, 5.41) is 10.3. The minimum absolute atomic E-state index is 0.134. The average Bonchev–Trinajstić information content (AvgIpc) is 3.38. The SMILES string of the molecule is CC1(C)c2ccccc2-c2cc3ccccc3c(-c3ccc(-c4c5ccccc5c(-c5ccccc5)c5ccccc45)c4ccccc34)c21. The average molecular weight is 623 g/mol. The molecule has 0 bridgehead atoms. The Morgan fingerprint density at radius 3 is 1.43 bits per heavy atom. The zero-order chi connectivity index (χ0) is 32.7. The third-order valence-corrected chi connectivity index (χ3v) is 11.0. The van der Waals surface area contributed by atoms with E-state index >= 15 is 0 Å². The molecule has 0 spiro atoms. The van der Waals surface area contributed by atoms with Gasteiger partial charge in [-0.15, -0.1) is 0 Å². The second-order valence-electron chi connectivity index (χ2n) is 14.0. The predicted molar refractivity (Wildman–Crippen MR) is 210 cm³/mol. The van der Waals surface area contributed by atoms with Crippen molar-refractivity contribution in [2.24, 2.45) is 0 Å². The molecule has 9 aromatic carbocycles. The largest absolute Gasteiger partial charge is 0.0622 e. The maximum atomic E-state index is 2.42. The van der Waals surface area contributed by atoms with Gasteiger partial charge in [0.15, 0.2) is 0 Å². The van der Waals surface area contributed by atoms with Gasteiger partial charge in [-0.1, -0.05) is 178 Å². The van der Waals surface area contributed by atoms with Crippen molar-refractivity contribution in [3.05, 3.63) is 181 Å². The van der Waals surface area contributed by atoms with E-state index in [4.69, 9.17) is 0 Å².